The third-order valence-electron chi connectivity index (χ3n) is 5.46. The van der Waals surface area contributed by atoms with Gasteiger partial charge in [-0.3, -0.25) is 9.69 Å². The molecule has 1 saturated heterocycles. The molecule has 1 aliphatic heterocycles. The predicted octanol–water partition coefficient (Wildman–Crippen LogP) is 2.00. The van der Waals surface area contributed by atoms with Crippen LogP contribution in [0.5, 0.6) is 0 Å². The first-order chi connectivity index (χ1) is 13.6. The van der Waals surface area contributed by atoms with Gasteiger partial charge in [0.05, 0.1) is 6.54 Å². The van der Waals surface area contributed by atoms with E-state index in [9.17, 15) is 9.59 Å². The lowest BCUT2D eigenvalue weighted by molar-refractivity contribution is -0.117. The van der Waals surface area contributed by atoms with E-state index >= 15 is 0 Å². The van der Waals surface area contributed by atoms with Crippen LogP contribution in [0.15, 0.2) is 60.7 Å². The highest BCUT2D eigenvalue weighted by Crippen LogP contribution is 2.35. The molecule has 2 aromatic rings. The number of rotatable bonds is 7. The molecule has 3 rings (SSSR count). The van der Waals surface area contributed by atoms with E-state index in [2.05, 4.69) is 51.9 Å². The first kappa shape index (κ1) is 19.9. The molecule has 0 aromatic heterocycles. The van der Waals surface area contributed by atoms with Gasteiger partial charge in [-0.1, -0.05) is 60.7 Å². The third kappa shape index (κ3) is 5.33. The lowest BCUT2D eigenvalue weighted by Crippen LogP contribution is -2.51. The van der Waals surface area contributed by atoms with Gasteiger partial charge in [-0.15, -0.1) is 0 Å². The van der Waals surface area contributed by atoms with Gasteiger partial charge < -0.3 is 16.4 Å². The fourth-order valence-electron chi connectivity index (χ4n) is 3.82. The van der Waals surface area contributed by atoms with E-state index < -0.39 is 5.91 Å². The van der Waals surface area contributed by atoms with Crippen LogP contribution in [0.3, 0.4) is 0 Å². The van der Waals surface area contributed by atoms with E-state index in [4.69, 9.17) is 5.73 Å². The number of nitrogens with two attached hydrogens (primary N) is 1. The molecular formula is C22H28N4O2. The van der Waals surface area contributed by atoms with Gasteiger partial charge in [-0.2, -0.15) is 0 Å². The lowest BCUT2D eigenvalue weighted by atomic mass is 9.72. The Bertz CT molecular complexity index is 772. The molecule has 0 bridgehead atoms. The Morgan fingerprint density at radius 2 is 1.54 bits per heavy atom. The molecule has 1 aliphatic rings. The minimum absolute atomic E-state index is 0.113. The van der Waals surface area contributed by atoms with Crippen LogP contribution in [0.25, 0.3) is 0 Å². The average Bonchev–Trinajstić information content (AvgIpc) is 2.73. The summed E-state index contributed by atoms with van der Waals surface area (Å²) >= 11 is 0. The molecule has 0 saturated carbocycles. The Kier molecular flexibility index (Phi) is 6.66. The standard InChI is InChI=1S/C22H28N4O2/c23-20(27)15-24-21(28)25-17-22(19-9-5-2-6-10-19)11-13-26(14-12-22)16-18-7-3-1-4-8-18/h1-10H,11-17H2,(H2,23,27)(H2,24,25,28). The molecule has 0 spiro atoms. The van der Waals surface area contributed by atoms with Gasteiger partial charge in [-0.05, 0) is 37.1 Å². The number of urea groups is 1. The van der Waals surface area contributed by atoms with Gasteiger partial charge in [0.15, 0.2) is 0 Å². The molecule has 28 heavy (non-hydrogen) atoms. The molecule has 4 N–H and O–H groups in total. The summed E-state index contributed by atoms with van der Waals surface area (Å²) in [6, 6.07) is 20.5. The van der Waals surface area contributed by atoms with E-state index in [0.29, 0.717) is 6.54 Å². The Morgan fingerprint density at radius 3 is 2.14 bits per heavy atom. The van der Waals surface area contributed by atoms with Crippen molar-refractivity contribution in [2.75, 3.05) is 26.2 Å². The van der Waals surface area contributed by atoms with Gasteiger partial charge in [0.25, 0.3) is 0 Å². The smallest absolute Gasteiger partial charge is 0.315 e. The van der Waals surface area contributed by atoms with Gasteiger partial charge in [0.1, 0.15) is 0 Å². The number of primary amides is 1. The Labute approximate surface area is 166 Å². The van der Waals surface area contributed by atoms with Crippen molar-refractivity contribution < 1.29 is 9.59 Å². The van der Waals surface area contributed by atoms with Crippen molar-refractivity contribution in [3.05, 3.63) is 71.8 Å². The summed E-state index contributed by atoms with van der Waals surface area (Å²) in [5.74, 6) is -0.554. The van der Waals surface area contributed by atoms with E-state index in [1.54, 1.807) is 0 Å². The number of hydrogen-bond donors (Lipinski definition) is 3. The van der Waals surface area contributed by atoms with Crippen molar-refractivity contribution >= 4 is 11.9 Å². The number of carbonyl (C=O) groups is 2. The van der Waals surface area contributed by atoms with E-state index in [1.807, 2.05) is 24.3 Å². The summed E-state index contributed by atoms with van der Waals surface area (Å²) < 4.78 is 0. The van der Waals surface area contributed by atoms with Crippen LogP contribution in [0, 0.1) is 0 Å². The number of likely N-dealkylation sites (tertiary alicyclic amines) is 1. The molecule has 3 amide bonds. The number of benzene rings is 2. The monoisotopic (exact) mass is 380 g/mol. The number of carbonyl (C=O) groups excluding carboxylic acids is 2. The largest absolute Gasteiger partial charge is 0.368 e. The fraction of sp³-hybridized carbons (Fsp3) is 0.364. The average molecular weight is 380 g/mol. The first-order valence-corrected chi connectivity index (χ1v) is 9.69. The number of nitrogens with one attached hydrogen (secondary N) is 2. The van der Waals surface area contributed by atoms with Crippen molar-refractivity contribution in [2.24, 2.45) is 5.73 Å². The van der Waals surface area contributed by atoms with Crippen molar-refractivity contribution in [3.8, 4) is 0 Å². The highest BCUT2D eigenvalue weighted by atomic mass is 16.2. The van der Waals surface area contributed by atoms with Gasteiger partial charge in [-0.25, -0.2) is 4.79 Å². The summed E-state index contributed by atoms with van der Waals surface area (Å²) in [5, 5.41) is 5.43. The lowest BCUT2D eigenvalue weighted by Gasteiger charge is -2.42. The highest BCUT2D eigenvalue weighted by molar-refractivity contribution is 5.82. The van der Waals surface area contributed by atoms with Crippen LogP contribution in [0.2, 0.25) is 0 Å². The van der Waals surface area contributed by atoms with E-state index in [1.165, 1.54) is 11.1 Å². The van der Waals surface area contributed by atoms with Crippen LogP contribution in [-0.2, 0) is 16.8 Å². The zero-order chi connectivity index (χ0) is 19.8. The second-order valence-electron chi connectivity index (χ2n) is 7.41. The van der Waals surface area contributed by atoms with E-state index in [0.717, 1.165) is 32.5 Å². The maximum Gasteiger partial charge on any atom is 0.315 e. The Hall–Kier alpha value is -2.86. The summed E-state index contributed by atoms with van der Waals surface area (Å²) in [6.07, 6.45) is 1.92. The quantitative estimate of drug-likeness (QED) is 0.687. The van der Waals surface area contributed by atoms with Crippen LogP contribution in [0.1, 0.15) is 24.0 Å². The maximum atomic E-state index is 12.0. The summed E-state index contributed by atoms with van der Waals surface area (Å²) in [7, 11) is 0. The Morgan fingerprint density at radius 1 is 0.929 bits per heavy atom. The summed E-state index contributed by atoms with van der Waals surface area (Å²) in [5.41, 5.74) is 7.53. The maximum absolute atomic E-state index is 12.0. The molecule has 0 atom stereocenters. The second kappa shape index (κ2) is 9.37. The Balaban J connectivity index is 1.64. The number of hydrogen-bond acceptors (Lipinski definition) is 3. The van der Waals surface area contributed by atoms with Crippen molar-refractivity contribution in [3.63, 3.8) is 0 Å². The van der Waals surface area contributed by atoms with Gasteiger partial charge in [0.2, 0.25) is 5.91 Å². The topological polar surface area (TPSA) is 87.5 Å². The fourth-order valence-corrected chi connectivity index (χ4v) is 3.82. The first-order valence-electron chi connectivity index (χ1n) is 9.69. The number of amides is 3. The molecular weight excluding hydrogens is 352 g/mol. The van der Waals surface area contributed by atoms with Crippen molar-refractivity contribution in [1.82, 2.24) is 15.5 Å². The molecule has 6 nitrogen and oxygen atoms in total. The molecule has 1 fully saturated rings. The SMILES string of the molecule is NC(=O)CNC(=O)NCC1(c2ccccc2)CCN(Cc2ccccc2)CC1. The zero-order valence-corrected chi connectivity index (χ0v) is 16.1. The minimum atomic E-state index is -0.554. The van der Waals surface area contributed by atoms with Crippen molar-refractivity contribution in [1.29, 1.82) is 0 Å². The molecule has 0 aliphatic carbocycles. The van der Waals surface area contributed by atoms with Crippen LogP contribution >= 0.6 is 0 Å². The van der Waals surface area contributed by atoms with E-state index in [-0.39, 0.29) is 18.0 Å². The van der Waals surface area contributed by atoms with Gasteiger partial charge >= 0.3 is 6.03 Å². The van der Waals surface area contributed by atoms with Crippen LogP contribution in [-0.4, -0.2) is 43.0 Å². The van der Waals surface area contributed by atoms with Gasteiger partial charge in [0, 0.05) is 18.5 Å². The second-order valence-corrected chi connectivity index (χ2v) is 7.41. The molecule has 148 valence electrons. The molecule has 0 unspecified atom stereocenters. The number of piperidine rings is 1. The predicted molar refractivity (Wildman–Crippen MR) is 110 cm³/mol. The zero-order valence-electron chi connectivity index (χ0n) is 16.1. The van der Waals surface area contributed by atoms with Crippen LogP contribution < -0.4 is 16.4 Å². The number of nitrogens with zero attached hydrogens (tertiary/aromatic N) is 1. The molecule has 2 aromatic carbocycles. The molecule has 0 radical (unpaired) electrons. The normalized spacial score (nSPS) is 16.3. The molecule has 1 heterocycles. The minimum Gasteiger partial charge on any atom is -0.368 e. The summed E-state index contributed by atoms with van der Waals surface area (Å²) in [6.45, 7) is 3.25. The van der Waals surface area contributed by atoms with Crippen LogP contribution in [0.4, 0.5) is 4.79 Å². The summed E-state index contributed by atoms with van der Waals surface area (Å²) in [4.78, 5) is 25.3. The highest BCUT2D eigenvalue weighted by Gasteiger charge is 2.36. The molecule has 6 heteroatoms. The van der Waals surface area contributed by atoms with Crippen molar-refractivity contribution in [2.45, 2.75) is 24.8 Å². The third-order valence-corrected chi connectivity index (χ3v) is 5.46.